The van der Waals surface area contributed by atoms with Crippen LogP contribution in [0.1, 0.15) is 23.5 Å². The van der Waals surface area contributed by atoms with Crippen LogP contribution in [0.4, 0.5) is 0 Å². The van der Waals surface area contributed by atoms with Crippen molar-refractivity contribution in [2.24, 2.45) is 0 Å². The van der Waals surface area contributed by atoms with Crippen LogP contribution in [-0.2, 0) is 6.54 Å². The molecule has 1 unspecified atom stereocenters. The third-order valence-electron chi connectivity index (χ3n) is 4.41. The van der Waals surface area contributed by atoms with Gasteiger partial charge < -0.3 is 0 Å². The summed E-state index contributed by atoms with van der Waals surface area (Å²) in [6.45, 7) is 7.27. The summed E-state index contributed by atoms with van der Waals surface area (Å²) in [6, 6.07) is 12.7. The first-order valence-corrected chi connectivity index (χ1v) is 9.19. The van der Waals surface area contributed by atoms with Crippen LogP contribution in [0.5, 0.6) is 0 Å². The molecular weight excluding hydrogens is 318 g/mol. The molecule has 0 amide bonds. The first-order valence-electron chi connectivity index (χ1n) is 8.31. The van der Waals surface area contributed by atoms with Gasteiger partial charge in [-0.25, -0.2) is 4.98 Å². The van der Waals surface area contributed by atoms with E-state index in [0.717, 1.165) is 42.0 Å². The minimum absolute atomic E-state index is 0.557. The predicted molar refractivity (Wildman–Crippen MR) is 96.2 cm³/mol. The van der Waals surface area contributed by atoms with Gasteiger partial charge in [0.1, 0.15) is 5.82 Å². The van der Waals surface area contributed by atoms with E-state index in [4.69, 9.17) is 0 Å². The van der Waals surface area contributed by atoms with Gasteiger partial charge >= 0.3 is 0 Å². The number of nitrogens with zero attached hydrogens (tertiary/aromatic N) is 5. The molecule has 0 radical (unpaired) electrons. The number of hydrogen-bond donors (Lipinski definition) is 0. The van der Waals surface area contributed by atoms with Gasteiger partial charge in [0.2, 0.25) is 0 Å². The number of aromatic nitrogens is 4. The Morgan fingerprint density at radius 3 is 2.83 bits per heavy atom. The van der Waals surface area contributed by atoms with E-state index in [-0.39, 0.29) is 0 Å². The molecule has 1 aliphatic heterocycles. The van der Waals surface area contributed by atoms with Crippen molar-refractivity contribution < 1.29 is 0 Å². The van der Waals surface area contributed by atoms with E-state index in [2.05, 4.69) is 54.8 Å². The summed E-state index contributed by atoms with van der Waals surface area (Å²) >= 11 is 1.83. The lowest BCUT2D eigenvalue weighted by atomic mass is 10.2. The molecule has 0 aliphatic carbocycles. The van der Waals surface area contributed by atoms with Crippen molar-refractivity contribution in [2.75, 3.05) is 13.1 Å². The molecule has 0 saturated carbocycles. The Kier molecular flexibility index (Phi) is 4.24. The summed E-state index contributed by atoms with van der Waals surface area (Å²) < 4.78 is 2.07. The Morgan fingerprint density at radius 2 is 2.00 bits per heavy atom. The normalized spacial score (nSPS) is 18.5. The van der Waals surface area contributed by atoms with E-state index in [1.807, 2.05) is 31.7 Å². The summed E-state index contributed by atoms with van der Waals surface area (Å²) in [7, 11) is 0. The molecule has 3 aromatic rings. The van der Waals surface area contributed by atoms with Crippen LogP contribution >= 0.6 is 11.8 Å². The highest BCUT2D eigenvalue weighted by atomic mass is 32.2. The molecule has 0 bridgehead atoms. The Hall–Kier alpha value is -1.92. The summed E-state index contributed by atoms with van der Waals surface area (Å²) in [6.07, 6.45) is 1.19. The van der Waals surface area contributed by atoms with Crippen LogP contribution in [0.25, 0.3) is 5.65 Å². The number of hydrogen-bond acceptors (Lipinski definition) is 5. The Morgan fingerprint density at radius 1 is 1.17 bits per heavy atom. The molecule has 0 N–H and O–H groups in total. The number of rotatable bonds is 4. The van der Waals surface area contributed by atoms with E-state index < -0.39 is 0 Å². The second-order valence-electron chi connectivity index (χ2n) is 6.37. The zero-order valence-corrected chi connectivity index (χ0v) is 14.8. The maximum Gasteiger partial charge on any atom is 0.197 e. The minimum Gasteiger partial charge on any atom is -0.298 e. The summed E-state index contributed by atoms with van der Waals surface area (Å²) in [5.74, 6) is 0.955. The van der Waals surface area contributed by atoms with Crippen LogP contribution in [0, 0.1) is 13.8 Å². The molecule has 1 fully saturated rings. The molecule has 1 saturated heterocycles. The van der Waals surface area contributed by atoms with Crippen molar-refractivity contribution in [3.05, 3.63) is 53.5 Å². The molecule has 1 atom stereocenters. The van der Waals surface area contributed by atoms with E-state index in [1.54, 1.807) is 0 Å². The van der Waals surface area contributed by atoms with Crippen LogP contribution in [0.3, 0.4) is 0 Å². The molecule has 124 valence electrons. The summed E-state index contributed by atoms with van der Waals surface area (Å²) in [5.41, 5.74) is 3.26. The average Bonchev–Trinajstić information content (AvgIpc) is 3.16. The number of benzene rings is 1. The zero-order valence-electron chi connectivity index (χ0n) is 14.0. The van der Waals surface area contributed by atoms with Crippen LogP contribution < -0.4 is 0 Å². The fourth-order valence-corrected chi connectivity index (χ4v) is 4.53. The highest BCUT2D eigenvalue weighted by Gasteiger charge is 2.25. The molecule has 1 aliphatic rings. The molecule has 3 heterocycles. The van der Waals surface area contributed by atoms with Gasteiger partial charge in [-0.2, -0.15) is 0 Å². The molecule has 24 heavy (non-hydrogen) atoms. The zero-order chi connectivity index (χ0) is 16.5. The first-order chi connectivity index (χ1) is 11.7. The smallest absolute Gasteiger partial charge is 0.197 e. The van der Waals surface area contributed by atoms with Gasteiger partial charge in [0.15, 0.2) is 10.8 Å². The lowest BCUT2D eigenvalue weighted by Crippen LogP contribution is -2.20. The minimum atomic E-state index is 0.557. The molecule has 4 rings (SSSR count). The van der Waals surface area contributed by atoms with E-state index in [9.17, 15) is 0 Å². The summed E-state index contributed by atoms with van der Waals surface area (Å²) in [4.78, 5) is 7.06. The Labute approximate surface area is 146 Å². The molecule has 2 aromatic heterocycles. The fourth-order valence-electron chi connectivity index (χ4n) is 3.31. The molecule has 1 aromatic carbocycles. The van der Waals surface area contributed by atoms with E-state index >= 15 is 0 Å². The van der Waals surface area contributed by atoms with Gasteiger partial charge in [-0.3, -0.25) is 9.30 Å². The monoisotopic (exact) mass is 339 g/mol. The van der Waals surface area contributed by atoms with Gasteiger partial charge in [-0.1, -0.05) is 42.1 Å². The van der Waals surface area contributed by atoms with Crippen molar-refractivity contribution in [3.8, 4) is 0 Å². The number of aryl methyl sites for hydroxylation is 2. The lowest BCUT2D eigenvalue weighted by Gasteiger charge is -2.15. The van der Waals surface area contributed by atoms with Crippen molar-refractivity contribution in [1.82, 2.24) is 24.5 Å². The van der Waals surface area contributed by atoms with Gasteiger partial charge in [-0.05, 0) is 32.4 Å². The summed E-state index contributed by atoms with van der Waals surface area (Å²) in [5, 5.41) is 10.2. The van der Waals surface area contributed by atoms with Gasteiger partial charge in [-0.15, -0.1) is 10.2 Å². The van der Waals surface area contributed by atoms with Gasteiger partial charge in [0.25, 0.3) is 0 Å². The fraction of sp³-hybridized carbons (Fsp3) is 0.389. The topological polar surface area (TPSA) is 46.3 Å². The maximum atomic E-state index is 4.54. The van der Waals surface area contributed by atoms with Crippen molar-refractivity contribution in [1.29, 1.82) is 0 Å². The average molecular weight is 339 g/mol. The maximum absolute atomic E-state index is 4.54. The molecule has 5 nitrogen and oxygen atoms in total. The first kappa shape index (κ1) is 15.6. The quantitative estimate of drug-likeness (QED) is 0.731. The van der Waals surface area contributed by atoms with E-state index in [0.29, 0.717) is 5.25 Å². The molecule has 0 spiro atoms. The van der Waals surface area contributed by atoms with Crippen molar-refractivity contribution in [2.45, 2.75) is 37.2 Å². The van der Waals surface area contributed by atoms with Crippen molar-refractivity contribution >= 4 is 17.4 Å². The number of fused-ring (bicyclic) bond motifs is 1. The number of thioether (sulfide) groups is 1. The lowest BCUT2D eigenvalue weighted by molar-refractivity contribution is 0.332. The van der Waals surface area contributed by atoms with Crippen LogP contribution in [-0.4, -0.2) is 42.8 Å². The second-order valence-corrected chi connectivity index (χ2v) is 7.64. The van der Waals surface area contributed by atoms with Crippen LogP contribution in [0.15, 0.2) is 41.6 Å². The Balaban J connectivity index is 1.45. The standard InChI is InChI=1S/C18H21N5S/c1-13-10-17-20-21-18(23(17)14(2)19-13)24-16-8-9-22(12-16)11-15-6-4-3-5-7-15/h3-7,10,16H,8-9,11-12H2,1-2H3. The highest BCUT2D eigenvalue weighted by Crippen LogP contribution is 2.30. The molecule has 6 heteroatoms. The predicted octanol–water partition coefficient (Wildman–Crippen LogP) is 3.11. The third kappa shape index (κ3) is 3.16. The van der Waals surface area contributed by atoms with E-state index in [1.165, 1.54) is 12.0 Å². The largest absolute Gasteiger partial charge is 0.298 e. The van der Waals surface area contributed by atoms with Gasteiger partial charge in [0, 0.05) is 30.1 Å². The number of likely N-dealkylation sites (tertiary alicyclic amines) is 1. The van der Waals surface area contributed by atoms with Crippen LogP contribution in [0.2, 0.25) is 0 Å². The highest BCUT2D eigenvalue weighted by molar-refractivity contribution is 7.99. The SMILES string of the molecule is Cc1cc2nnc(SC3CCN(Cc4ccccc4)C3)n2c(C)n1. The van der Waals surface area contributed by atoms with Crippen molar-refractivity contribution in [3.63, 3.8) is 0 Å². The van der Waals surface area contributed by atoms with Gasteiger partial charge in [0.05, 0.1) is 0 Å². The molecular formula is C18H21N5S. The Bertz CT molecular complexity index is 845. The second kappa shape index (κ2) is 6.53. The third-order valence-corrected chi connectivity index (χ3v) is 5.60.